The first-order valence-electron chi connectivity index (χ1n) is 18.1. The van der Waals surface area contributed by atoms with Gasteiger partial charge >= 0.3 is 0 Å². The number of allylic oxidation sites excluding steroid dienone is 2. The van der Waals surface area contributed by atoms with E-state index in [1.54, 1.807) is 0 Å². The summed E-state index contributed by atoms with van der Waals surface area (Å²) in [6.45, 7) is 20.5. The van der Waals surface area contributed by atoms with E-state index in [0.717, 1.165) is 46.2 Å². The Balaban J connectivity index is 1.30. The number of hydrogen-bond acceptors (Lipinski definition) is 3. The molecule has 0 radical (unpaired) electrons. The third-order valence-corrected chi connectivity index (χ3v) is 10.8. The summed E-state index contributed by atoms with van der Waals surface area (Å²) < 4.78 is 11.2. The van der Waals surface area contributed by atoms with Crippen molar-refractivity contribution in [2.24, 2.45) is 17.8 Å². The number of hydrogen-bond donors (Lipinski definition) is 0. The van der Waals surface area contributed by atoms with Crippen LogP contribution in [0.3, 0.4) is 0 Å². The number of para-hydroxylation sites is 1. The first-order valence-corrected chi connectivity index (χ1v) is 18.1. The lowest BCUT2D eigenvalue weighted by atomic mass is 9.69. The Hall–Kier alpha value is -4.64. The van der Waals surface area contributed by atoms with Gasteiger partial charge < -0.3 is 4.74 Å². The maximum absolute atomic E-state index is 6.75. The van der Waals surface area contributed by atoms with Gasteiger partial charge in [-0.2, -0.15) is 5.10 Å². The lowest BCUT2D eigenvalue weighted by Crippen LogP contribution is -2.24. The van der Waals surface area contributed by atoms with Crippen LogP contribution in [0.4, 0.5) is 0 Å². The van der Waals surface area contributed by atoms with Gasteiger partial charge in [-0.15, -0.1) is 0 Å². The molecule has 5 heteroatoms. The van der Waals surface area contributed by atoms with Gasteiger partial charge in [0.2, 0.25) is 0 Å². The number of fused-ring (bicyclic) bond motifs is 3. The van der Waals surface area contributed by atoms with Crippen molar-refractivity contribution >= 4 is 21.8 Å². The molecule has 0 saturated carbocycles. The van der Waals surface area contributed by atoms with Crippen LogP contribution in [0.15, 0.2) is 90.6 Å². The number of ether oxygens (including phenoxy) is 1. The van der Waals surface area contributed by atoms with E-state index in [9.17, 15) is 0 Å². The second-order valence-corrected chi connectivity index (χ2v) is 14.9. The number of pyridine rings is 1. The summed E-state index contributed by atoms with van der Waals surface area (Å²) in [7, 11) is 0. The summed E-state index contributed by atoms with van der Waals surface area (Å²) in [6.07, 6.45) is 6.62. The maximum Gasteiger partial charge on any atom is 0.137 e. The van der Waals surface area contributed by atoms with E-state index in [-0.39, 0.29) is 0 Å². The molecule has 3 aromatic carbocycles. The van der Waals surface area contributed by atoms with Crippen molar-refractivity contribution in [3.8, 4) is 23.0 Å². The summed E-state index contributed by atoms with van der Waals surface area (Å²) in [4.78, 5) is 4.80. The van der Waals surface area contributed by atoms with Crippen LogP contribution in [0.5, 0.6) is 11.5 Å². The molecule has 7 rings (SSSR count). The Morgan fingerprint density at radius 3 is 2.37 bits per heavy atom. The normalized spacial score (nSPS) is 18.2. The fraction of sp³-hybridized carbons (Fsp3) is 0.364. The van der Waals surface area contributed by atoms with Gasteiger partial charge in [0.05, 0.1) is 22.4 Å². The van der Waals surface area contributed by atoms with E-state index < -0.39 is 0 Å². The minimum atomic E-state index is 0.331. The topological polar surface area (TPSA) is 44.9 Å². The van der Waals surface area contributed by atoms with Crippen molar-refractivity contribution in [1.29, 1.82) is 0 Å². The number of aryl methyl sites for hydroxylation is 2. The van der Waals surface area contributed by atoms with Gasteiger partial charge in [-0.3, -0.25) is 4.57 Å². The Morgan fingerprint density at radius 2 is 1.63 bits per heavy atom. The average Bonchev–Trinajstić information content (AvgIpc) is 3.57. The molecule has 0 aliphatic heterocycles. The highest BCUT2D eigenvalue weighted by atomic mass is 16.5. The first-order chi connectivity index (χ1) is 23.5. The minimum absolute atomic E-state index is 0.331. The third kappa shape index (κ3) is 5.98. The molecule has 0 spiro atoms. The van der Waals surface area contributed by atoms with Crippen LogP contribution in [0.2, 0.25) is 0 Å². The molecule has 0 N–H and O–H groups in total. The summed E-state index contributed by atoms with van der Waals surface area (Å²) in [6, 6.07) is 25.8. The Bertz CT molecular complexity index is 2200. The summed E-state index contributed by atoms with van der Waals surface area (Å²) in [5.41, 5.74) is 10.9. The van der Waals surface area contributed by atoms with Crippen molar-refractivity contribution in [3.05, 3.63) is 119 Å². The number of nitrogens with zero attached hydrogens (tertiary/aromatic N) is 4. The first kappa shape index (κ1) is 32.9. The van der Waals surface area contributed by atoms with E-state index >= 15 is 0 Å². The predicted molar refractivity (Wildman–Crippen MR) is 204 cm³/mol. The lowest BCUT2D eigenvalue weighted by molar-refractivity contribution is 0.317. The van der Waals surface area contributed by atoms with E-state index in [0.29, 0.717) is 29.6 Å². The highest BCUT2D eigenvalue weighted by Gasteiger charge is 2.33. The Labute approximate surface area is 291 Å². The molecule has 3 heterocycles. The second-order valence-electron chi connectivity index (χ2n) is 14.9. The van der Waals surface area contributed by atoms with Crippen molar-refractivity contribution in [3.63, 3.8) is 0 Å². The molecule has 5 nitrogen and oxygen atoms in total. The van der Waals surface area contributed by atoms with Gasteiger partial charge in [-0.05, 0) is 111 Å². The molecule has 49 heavy (non-hydrogen) atoms. The average molecular weight is 651 g/mol. The maximum atomic E-state index is 6.75. The zero-order valence-electron chi connectivity index (χ0n) is 30.6. The van der Waals surface area contributed by atoms with Gasteiger partial charge in [0.15, 0.2) is 0 Å². The molecule has 0 bridgehead atoms. The number of rotatable bonds is 8. The zero-order valence-corrected chi connectivity index (χ0v) is 30.6. The van der Waals surface area contributed by atoms with E-state index in [2.05, 4.69) is 150 Å². The number of benzene rings is 3. The zero-order chi connectivity index (χ0) is 34.6. The molecule has 3 aromatic heterocycles. The van der Waals surface area contributed by atoms with Crippen LogP contribution >= 0.6 is 0 Å². The molecule has 6 aromatic rings. The van der Waals surface area contributed by atoms with Crippen molar-refractivity contribution in [1.82, 2.24) is 19.3 Å². The van der Waals surface area contributed by atoms with Crippen molar-refractivity contribution in [2.75, 3.05) is 0 Å². The van der Waals surface area contributed by atoms with Gasteiger partial charge in [0, 0.05) is 46.3 Å². The van der Waals surface area contributed by atoms with Gasteiger partial charge in [0.1, 0.15) is 17.3 Å². The van der Waals surface area contributed by atoms with E-state index in [1.165, 1.54) is 45.2 Å². The van der Waals surface area contributed by atoms with E-state index in [1.807, 2.05) is 6.20 Å². The highest BCUT2D eigenvalue weighted by Crippen LogP contribution is 2.45. The second kappa shape index (κ2) is 13.0. The van der Waals surface area contributed by atoms with Gasteiger partial charge in [-0.25, -0.2) is 9.67 Å². The van der Waals surface area contributed by atoms with Crippen molar-refractivity contribution in [2.45, 2.75) is 87.0 Å². The molecular weight excluding hydrogens is 601 g/mol. The molecule has 1 aliphatic rings. The molecule has 3 atom stereocenters. The molecular formula is C44H50N4O. The van der Waals surface area contributed by atoms with Crippen LogP contribution in [0.25, 0.3) is 33.3 Å². The van der Waals surface area contributed by atoms with Crippen LogP contribution in [0, 0.1) is 31.6 Å². The standard InChI is InChI=1S/C44H50N4O/c1-10-32-17-18-45-42(21-32)47-40-14-12-11-13-38(40)39-16-15-36(25-41(39)47)49-37-23-34(27(4)5)22-35(24-37)48-31(9)44(30(8)46-48)43-28(6)19-33(26(2)3)20-29(43)7/h11-19,21-27,29,33,43H,10,20H2,1-9H3/t29?,33-,43-/m0/s1. The fourth-order valence-corrected chi connectivity index (χ4v) is 8.18. The van der Waals surface area contributed by atoms with Crippen molar-refractivity contribution < 1.29 is 4.74 Å². The summed E-state index contributed by atoms with van der Waals surface area (Å²) >= 11 is 0. The third-order valence-electron chi connectivity index (χ3n) is 10.8. The van der Waals surface area contributed by atoms with Crippen LogP contribution in [-0.4, -0.2) is 19.3 Å². The van der Waals surface area contributed by atoms with Gasteiger partial charge in [-0.1, -0.05) is 71.4 Å². The molecule has 252 valence electrons. The molecule has 0 fully saturated rings. The van der Waals surface area contributed by atoms with Crippen LogP contribution in [-0.2, 0) is 6.42 Å². The quantitative estimate of drug-likeness (QED) is 0.154. The summed E-state index contributed by atoms with van der Waals surface area (Å²) in [5.74, 6) is 5.11. The van der Waals surface area contributed by atoms with Crippen LogP contribution < -0.4 is 4.74 Å². The summed E-state index contributed by atoms with van der Waals surface area (Å²) in [5, 5.41) is 7.56. The molecule has 0 saturated heterocycles. The van der Waals surface area contributed by atoms with Crippen LogP contribution in [0.1, 0.15) is 94.8 Å². The fourth-order valence-electron chi connectivity index (χ4n) is 8.18. The SMILES string of the molecule is CCc1ccnc(-n2c3ccccc3c3ccc(Oc4cc(C(C)C)cc(-n5nc(C)c([C@H]6C(C)=C[C@H](C(C)C)CC6C)c5C)c4)cc32)c1. The van der Waals surface area contributed by atoms with Gasteiger partial charge in [0.25, 0.3) is 0 Å². The Morgan fingerprint density at radius 1 is 0.857 bits per heavy atom. The minimum Gasteiger partial charge on any atom is -0.457 e. The van der Waals surface area contributed by atoms with E-state index in [4.69, 9.17) is 14.8 Å². The largest absolute Gasteiger partial charge is 0.457 e. The predicted octanol–water partition coefficient (Wildman–Crippen LogP) is 11.8. The molecule has 1 unspecified atom stereocenters. The number of aromatic nitrogens is 4. The molecule has 1 aliphatic carbocycles. The lowest BCUT2D eigenvalue weighted by Gasteiger charge is -2.35. The highest BCUT2D eigenvalue weighted by molar-refractivity contribution is 6.09. The molecule has 0 amide bonds. The smallest absolute Gasteiger partial charge is 0.137 e. The monoisotopic (exact) mass is 650 g/mol. The Kier molecular flexibility index (Phi) is 8.73.